The molecular weight excluding hydrogens is 405 g/mol. The third-order valence-electron chi connectivity index (χ3n) is 1.86. The Kier molecular flexibility index (Phi) is 3.72. The van der Waals surface area contributed by atoms with Gasteiger partial charge < -0.3 is 0 Å². The van der Waals surface area contributed by atoms with Crippen molar-refractivity contribution in [2.75, 3.05) is 0 Å². The van der Waals surface area contributed by atoms with Gasteiger partial charge >= 0.3 is 0 Å². The number of benzene rings is 1. The third-order valence-corrected chi connectivity index (χ3v) is 3.33. The molecular formula is C9H3Cl4IN2. The minimum Gasteiger partial charge on any atom is -0.228 e. The highest BCUT2D eigenvalue weighted by Crippen LogP contribution is 2.37. The van der Waals surface area contributed by atoms with Crippen molar-refractivity contribution >= 4 is 79.9 Å². The van der Waals surface area contributed by atoms with Gasteiger partial charge in [0.05, 0.1) is 5.52 Å². The van der Waals surface area contributed by atoms with E-state index in [9.17, 15) is 0 Å². The van der Waals surface area contributed by atoms with E-state index in [2.05, 4.69) is 32.6 Å². The monoisotopic (exact) mass is 406 g/mol. The van der Waals surface area contributed by atoms with E-state index in [0.717, 1.165) is 8.96 Å². The topological polar surface area (TPSA) is 25.8 Å². The Balaban J connectivity index is 2.74. The zero-order valence-corrected chi connectivity index (χ0v) is 12.7. The van der Waals surface area contributed by atoms with Crippen molar-refractivity contribution in [1.29, 1.82) is 0 Å². The second kappa shape index (κ2) is 4.61. The van der Waals surface area contributed by atoms with Crippen LogP contribution in [-0.4, -0.2) is 9.97 Å². The van der Waals surface area contributed by atoms with E-state index in [1.54, 1.807) is 0 Å². The van der Waals surface area contributed by atoms with Gasteiger partial charge in [-0.1, -0.05) is 46.4 Å². The molecule has 0 aliphatic carbocycles. The summed E-state index contributed by atoms with van der Waals surface area (Å²) in [5, 5.41) is 1.02. The van der Waals surface area contributed by atoms with E-state index in [-0.39, 0.29) is 11.0 Å². The summed E-state index contributed by atoms with van der Waals surface area (Å²) in [5.41, 5.74) is 0.654. The molecule has 0 aliphatic heterocycles. The molecule has 0 saturated carbocycles. The zero-order valence-electron chi connectivity index (χ0n) is 7.52. The third kappa shape index (κ3) is 2.64. The zero-order chi connectivity index (χ0) is 11.9. The van der Waals surface area contributed by atoms with Gasteiger partial charge in [0.15, 0.2) is 5.82 Å². The van der Waals surface area contributed by atoms with E-state index >= 15 is 0 Å². The molecule has 0 spiro atoms. The molecule has 1 aromatic heterocycles. The first-order chi connectivity index (χ1) is 7.38. The van der Waals surface area contributed by atoms with Gasteiger partial charge in [0.25, 0.3) is 0 Å². The molecule has 0 N–H and O–H groups in total. The van der Waals surface area contributed by atoms with Crippen molar-refractivity contribution in [3.63, 3.8) is 0 Å². The molecule has 0 unspecified atom stereocenters. The molecule has 0 atom stereocenters. The minimum absolute atomic E-state index is 0.0798. The highest BCUT2D eigenvalue weighted by Gasteiger charge is 2.27. The van der Waals surface area contributed by atoms with Crippen LogP contribution < -0.4 is 0 Å². The predicted octanol–water partition coefficient (Wildman–Crippen LogP) is 4.71. The second-order valence-electron chi connectivity index (χ2n) is 3.00. The van der Waals surface area contributed by atoms with Gasteiger partial charge in [-0.2, -0.15) is 0 Å². The van der Waals surface area contributed by atoms with E-state index < -0.39 is 3.79 Å². The Morgan fingerprint density at radius 3 is 2.44 bits per heavy atom. The highest BCUT2D eigenvalue weighted by atomic mass is 127. The summed E-state index contributed by atoms with van der Waals surface area (Å²) in [6.07, 6.45) is 0. The molecule has 0 aliphatic rings. The first-order valence-electron chi connectivity index (χ1n) is 4.08. The molecule has 2 aromatic rings. The summed E-state index contributed by atoms with van der Waals surface area (Å²) in [4.78, 5) is 8.12. The van der Waals surface area contributed by atoms with Crippen molar-refractivity contribution in [1.82, 2.24) is 9.97 Å². The number of nitrogens with zero attached hydrogens (tertiary/aromatic N) is 2. The summed E-state index contributed by atoms with van der Waals surface area (Å²) >= 11 is 25.3. The number of aromatic nitrogens is 2. The fourth-order valence-electron chi connectivity index (χ4n) is 1.19. The van der Waals surface area contributed by atoms with Crippen molar-refractivity contribution in [3.05, 3.63) is 32.7 Å². The molecule has 0 fully saturated rings. The van der Waals surface area contributed by atoms with Crippen molar-refractivity contribution < 1.29 is 0 Å². The molecule has 0 radical (unpaired) electrons. The van der Waals surface area contributed by atoms with E-state index in [0.29, 0.717) is 5.52 Å². The van der Waals surface area contributed by atoms with Gasteiger partial charge in [0, 0.05) is 8.96 Å². The smallest absolute Gasteiger partial charge is 0.228 e. The molecule has 0 bridgehead atoms. The van der Waals surface area contributed by atoms with E-state index in [1.165, 1.54) is 0 Å². The van der Waals surface area contributed by atoms with Crippen LogP contribution in [0.1, 0.15) is 5.82 Å². The normalized spacial score (nSPS) is 12.1. The quantitative estimate of drug-likeness (QED) is 0.359. The Labute approximate surface area is 125 Å². The van der Waals surface area contributed by atoms with E-state index in [4.69, 9.17) is 46.4 Å². The molecule has 16 heavy (non-hydrogen) atoms. The van der Waals surface area contributed by atoms with Gasteiger partial charge in [-0.05, 0) is 40.8 Å². The average molecular weight is 408 g/mol. The largest absolute Gasteiger partial charge is 0.250 e. The molecule has 1 heterocycles. The molecule has 84 valence electrons. The van der Waals surface area contributed by atoms with Gasteiger partial charge in [-0.25, -0.2) is 9.97 Å². The lowest BCUT2D eigenvalue weighted by Crippen LogP contribution is -2.07. The van der Waals surface area contributed by atoms with Crippen LogP contribution in [0.3, 0.4) is 0 Å². The summed E-state index contributed by atoms with van der Waals surface area (Å²) in [5.74, 6) is 0.0798. The Morgan fingerprint density at radius 1 is 1.12 bits per heavy atom. The number of fused-ring (bicyclic) bond motifs is 1. The molecule has 0 saturated heterocycles. The van der Waals surface area contributed by atoms with Gasteiger partial charge in [0.2, 0.25) is 3.79 Å². The van der Waals surface area contributed by atoms with Crippen LogP contribution in [0, 0.1) is 3.57 Å². The first-order valence-corrected chi connectivity index (χ1v) is 6.67. The Hall–Kier alpha value is 0.450. The molecule has 0 amide bonds. The SMILES string of the molecule is Clc1nc(C(Cl)(Cl)Cl)nc2ccc(I)cc12. The fraction of sp³-hybridized carbons (Fsp3) is 0.111. The van der Waals surface area contributed by atoms with Crippen LogP contribution in [0.5, 0.6) is 0 Å². The van der Waals surface area contributed by atoms with Crippen LogP contribution in [0.4, 0.5) is 0 Å². The number of halogens is 5. The second-order valence-corrected chi connectivity index (χ2v) is 6.88. The molecule has 2 rings (SSSR count). The summed E-state index contributed by atoms with van der Waals surface area (Å²) < 4.78 is -0.627. The van der Waals surface area contributed by atoms with Crippen molar-refractivity contribution in [2.45, 2.75) is 3.79 Å². The summed E-state index contributed by atoms with van der Waals surface area (Å²) in [6.45, 7) is 0. The number of rotatable bonds is 0. The van der Waals surface area contributed by atoms with Crippen molar-refractivity contribution in [2.24, 2.45) is 0 Å². The average Bonchev–Trinajstić information content (AvgIpc) is 2.17. The van der Waals surface area contributed by atoms with Gasteiger partial charge in [-0.3, -0.25) is 0 Å². The molecule has 7 heteroatoms. The lowest BCUT2D eigenvalue weighted by molar-refractivity contribution is 0.996. The minimum atomic E-state index is -1.67. The van der Waals surface area contributed by atoms with Crippen LogP contribution in [0.25, 0.3) is 10.9 Å². The van der Waals surface area contributed by atoms with Gasteiger partial charge in [0.1, 0.15) is 5.15 Å². The lowest BCUT2D eigenvalue weighted by Gasteiger charge is -2.10. The summed E-state index contributed by atoms with van der Waals surface area (Å²) in [6, 6.07) is 5.58. The fourth-order valence-corrected chi connectivity index (χ4v) is 2.17. The van der Waals surface area contributed by atoms with Crippen molar-refractivity contribution in [3.8, 4) is 0 Å². The summed E-state index contributed by atoms with van der Waals surface area (Å²) in [7, 11) is 0. The number of hydrogen-bond donors (Lipinski definition) is 0. The Morgan fingerprint density at radius 2 is 1.81 bits per heavy atom. The standard InChI is InChI=1S/C9H3Cl4IN2/c10-7-5-3-4(14)1-2-6(5)15-8(16-7)9(11,12)13/h1-3H. The number of alkyl halides is 3. The predicted molar refractivity (Wildman–Crippen MR) is 76.5 cm³/mol. The van der Waals surface area contributed by atoms with Crippen LogP contribution >= 0.6 is 69.0 Å². The molecule has 1 aromatic carbocycles. The van der Waals surface area contributed by atoms with E-state index in [1.807, 2.05) is 18.2 Å². The molecule has 2 nitrogen and oxygen atoms in total. The lowest BCUT2D eigenvalue weighted by atomic mass is 10.2. The van der Waals surface area contributed by atoms with Crippen LogP contribution in [-0.2, 0) is 3.79 Å². The highest BCUT2D eigenvalue weighted by molar-refractivity contribution is 14.1. The van der Waals surface area contributed by atoms with Crippen LogP contribution in [0.2, 0.25) is 5.15 Å². The maximum absolute atomic E-state index is 6.01. The van der Waals surface area contributed by atoms with Crippen LogP contribution in [0.15, 0.2) is 18.2 Å². The number of hydrogen-bond acceptors (Lipinski definition) is 2. The maximum atomic E-state index is 6.01. The Bertz CT molecular complexity index is 553. The first kappa shape index (κ1) is 12.9. The van der Waals surface area contributed by atoms with Gasteiger partial charge in [-0.15, -0.1) is 0 Å². The maximum Gasteiger partial charge on any atom is 0.250 e.